The van der Waals surface area contributed by atoms with Crippen LogP contribution in [-0.4, -0.2) is 24.5 Å². The third-order valence-corrected chi connectivity index (χ3v) is 4.72. The van der Waals surface area contributed by atoms with E-state index in [0.717, 1.165) is 16.9 Å². The summed E-state index contributed by atoms with van der Waals surface area (Å²) in [6.07, 6.45) is 0. The number of nitrogens with two attached hydrogens (primary N) is 1. The number of primary sulfonamides is 1. The molecule has 0 atom stereocenters. The van der Waals surface area contributed by atoms with Gasteiger partial charge >= 0.3 is 0 Å². The molecular weight excluding hydrogens is 336 g/mol. The second-order valence-electron chi connectivity index (χ2n) is 4.27. The highest BCUT2D eigenvalue weighted by molar-refractivity contribution is 7.89. The molecule has 0 bridgehead atoms. The summed E-state index contributed by atoms with van der Waals surface area (Å²) in [5.74, 6) is -0.520. The number of halogens is 1. The van der Waals surface area contributed by atoms with E-state index >= 15 is 0 Å². The Labute approximate surface area is 130 Å². The summed E-state index contributed by atoms with van der Waals surface area (Å²) in [6.45, 7) is 3.48. The predicted molar refractivity (Wildman–Crippen MR) is 80.2 cm³/mol. The Morgan fingerprint density at radius 1 is 1.33 bits per heavy atom. The predicted octanol–water partition coefficient (Wildman–Crippen LogP) is 1.71. The molecule has 1 amide bonds. The van der Waals surface area contributed by atoms with Crippen molar-refractivity contribution in [1.29, 1.82) is 0 Å². The molecule has 0 unspecified atom stereocenters. The number of carbonyl (C=O) groups excluding carboxylic acids is 1. The topological polar surface area (TPSA) is 115 Å². The molecule has 1 aromatic heterocycles. The zero-order valence-corrected chi connectivity index (χ0v) is 13.4. The fourth-order valence-electron chi connectivity index (χ4n) is 1.59. The lowest BCUT2D eigenvalue weighted by atomic mass is 10.1. The summed E-state index contributed by atoms with van der Waals surface area (Å²) in [7, 11) is -3.86. The summed E-state index contributed by atoms with van der Waals surface area (Å²) in [6, 6.07) is 2.75. The summed E-state index contributed by atoms with van der Waals surface area (Å²) in [5, 5.41) is 14.9. The molecule has 0 aliphatic carbocycles. The first-order valence-corrected chi connectivity index (χ1v) is 8.37. The lowest BCUT2D eigenvalue weighted by Crippen LogP contribution is -2.16. The van der Waals surface area contributed by atoms with Crippen molar-refractivity contribution in [2.45, 2.75) is 18.7 Å². The maximum absolute atomic E-state index is 12.0. The molecule has 0 saturated heterocycles. The van der Waals surface area contributed by atoms with Gasteiger partial charge in [0, 0.05) is 5.69 Å². The zero-order valence-electron chi connectivity index (χ0n) is 11.0. The van der Waals surface area contributed by atoms with Crippen LogP contribution in [0.5, 0.6) is 0 Å². The fourth-order valence-corrected chi connectivity index (χ4v) is 2.94. The molecule has 3 N–H and O–H groups in total. The third-order valence-electron chi connectivity index (χ3n) is 2.81. The molecule has 0 fully saturated rings. The molecule has 2 aromatic rings. The van der Waals surface area contributed by atoms with Gasteiger partial charge in [-0.15, -0.1) is 10.2 Å². The van der Waals surface area contributed by atoms with Crippen LogP contribution in [-0.2, 0) is 10.0 Å². The maximum atomic E-state index is 12.0. The summed E-state index contributed by atoms with van der Waals surface area (Å²) in [5.41, 5.74) is 1.76. The number of amides is 1. The van der Waals surface area contributed by atoms with Gasteiger partial charge in [-0.1, -0.05) is 11.3 Å². The van der Waals surface area contributed by atoms with E-state index in [0.29, 0.717) is 11.3 Å². The van der Waals surface area contributed by atoms with Gasteiger partial charge in [-0.25, -0.2) is 13.6 Å². The molecule has 0 radical (unpaired) electrons. The van der Waals surface area contributed by atoms with Gasteiger partial charge in [0.25, 0.3) is 5.91 Å². The molecule has 0 aliphatic rings. The third kappa shape index (κ3) is 3.56. The van der Waals surface area contributed by atoms with E-state index in [9.17, 15) is 13.2 Å². The van der Waals surface area contributed by atoms with Crippen molar-refractivity contribution in [3.63, 3.8) is 0 Å². The number of hydrogen-bond acceptors (Lipinski definition) is 6. The molecule has 1 aromatic carbocycles. The number of benzene rings is 1. The van der Waals surface area contributed by atoms with Crippen LogP contribution in [0.1, 0.15) is 20.9 Å². The van der Waals surface area contributed by atoms with Gasteiger partial charge < -0.3 is 5.32 Å². The van der Waals surface area contributed by atoms with Crippen molar-refractivity contribution >= 4 is 44.6 Å². The molecule has 112 valence electrons. The molecule has 10 heteroatoms. The van der Waals surface area contributed by atoms with E-state index in [4.69, 9.17) is 16.7 Å². The van der Waals surface area contributed by atoms with Gasteiger partial charge in [0.05, 0.1) is 4.90 Å². The Hall–Kier alpha value is -1.55. The SMILES string of the molecule is Cc1cc(S(N)(=O)=O)cc(NC(=O)c2nnc(Cl)s2)c1C. The highest BCUT2D eigenvalue weighted by atomic mass is 35.5. The van der Waals surface area contributed by atoms with E-state index in [1.165, 1.54) is 12.1 Å². The average Bonchev–Trinajstić information content (AvgIpc) is 2.80. The van der Waals surface area contributed by atoms with Crippen molar-refractivity contribution in [3.05, 3.63) is 32.7 Å². The van der Waals surface area contributed by atoms with Crippen LogP contribution in [0.4, 0.5) is 5.69 Å². The van der Waals surface area contributed by atoms with E-state index in [-0.39, 0.29) is 14.4 Å². The number of anilines is 1. The fraction of sp³-hybridized carbons (Fsp3) is 0.182. The van der Waals surface area contributed by atoms with Crippen molar-refractivity contribution < 1.29 is 13.2 Å². The first-order valence-electron chi connectivity index (χ1n) is 5.63. The van der Waals surface area contributed by atoms with Gasteiger partial charge in [-0.2, -0.15) is 0 Å². The normalized spacial score (nSPS) is 11.4. The van der Waals surface area contributed by atoms with Gasteiger partial charge in [0.1, 0.15) is 0 Å². The number of hydrogen-bond donors (Lipinski definition) is 2. The smallest absolute Gasteiger partial charge is 0.286 e. The van der Waals surface area contributed by atoms with Crippen LogP contribution < -0.4 is 10.5 Å². The minimum atomic E-state index is -3.86. The average molecular weight is 347 g/mol. The maximum Gasteiger partial charge on any atom is 0.286 e. The van der Waals surface area contributed by atoms with Crippen molar-refractivity contribution in [2.75, 3.05) is 5.32 Å². The number of nitrogens with zero attached hydrogens (tertiary/aromatic N) is 2. The van der Waals surface area contributed by atoms with Crippen LogP contribution in [0.15, 0.2) is 17.0 Å². The highest BCUT2D eigenvalue weighted by Crippen LogP contribution is 2.24. The van der Waals surface area contributed by atoms with Crippen LogP contribution >= 0.6 is 22.9 Å². The van der Waals surface area contributed by atoms with Crippen molar-refractivity contribution in [3.8, 4) is 0 Å². The Balaban J connectivity index is 2.40. The lowest BCUT2D eigenvalue weighted by Gasteiger charge is -2.11. The Bertz CT molecular complexity index is 817. The van der Waals surface area contributed by atoms with E-state index in [1.807, 2.05) is 0 Å². The largest absolute Gasteiger partial charge is 0.320 e. The number of sulfonamides is 1. The summed E-state index contributed by atoms with van der Waals surface area (Å²) >= 11 is 6.54. The van der Waals surface area contributed by atoms with E-state index < -0.39 is 15.9 Å². The Morgan fingerprint density at radius 3 is 2.52 bits per heavy atom. The van der Waals surface area contributed by atoms with E-state index in [1.54, 1.807) is 13.8 Å². The lowest BCUT2D eigenvalue weighted by molar-refractivity contribution is 0.102. The number of nitrogens with one attached hydrogen (secondary N) is 1. The van der Waals surface area contributed by atoms with Gasteiger partial charge in [-0.3, -0.25) is 4.79 Å². The monoisotopic (exact) mass is 346 g/mol. The molecule has 0 saturated carbocycles. The Morgan fingerprint density at radius 2 is 2.00 bits per heavy atom. The van der Waals surface area contributed by atoms with Crippen LogP contribution in [0.25, 0.3) is 0 Å². The van der Waals surface area contributed by atoms with Crippen molar-refractivity contribution in [2.24, 2.45) is 5.14 Å². The molecule has 21 heavy (non-hydrogen) atoms. The number of aromatic nitrogens is 2. The van der Waals surface area contributed by atoms with Crippen LogP contribution in [0.2, 0.25) is 4.47 Å². The van der Waals surface area contributed by atoms with Gasteiger partial charge in [-0.05, 0) is 48.7 Å². The first-order chi connectivity index (χ1) is 9.68. The van der Waals surface area contributed by atoms with Crippen LogP contribution in [0.3, 0.4) is 0 Å². The minimum Gasteiger partial charge on any atom is -0.320 e. The molecule has 0 spiro atoms. The summed E-state index contributed by atoms with van der Waals surface area (Å²) in [4.78, 5) is 11.9. The Kier molecular flexibility index (Phi) is 4.28. The molecule has 1 heterocycles. The molecular formula is C11H11ClN4O3S2. The van der Waals surface area contributed by atoms with Crippen LogP contribution in [0, 0.1) is 13.8 Å². The zero-order chi connectivity index (χ0) is 15.8. The number of rotatable bonds is 3. The number of carbonyl (C=O) groups is 1. The first kappa shape index (κ1) is 15.8. The molecule has 0 aliphatic heterocycles. The minimum absolute atomic E-state index is 0.0730. The number of aryl methyl sites for hydroxylation is 1. The quantitative estimate of drug-likeness (QED) is 0.877. The summed E-state index contributed by atoms with van der Waals surface area (Å²) < 4.78 is 23.0. The molecule has 2 rings (SSSR count). The molecule has 7 nitrogen and oxygen atoms in total. The van der Waals surface area contributed by atoms with Crippen molar-refractivity contribution in [1.82, 2.24) is 10.2 Å². The second-order valence-corrected chi connectivity index (χ2v) is 7.39. The van der Waals surface area contributed by atoms with E-state index in [2.05, 4.69) is 15.5 Å². The highest BCUT2D eigenvalue weighted by Gasteiger charge is 2.17. The second kappa shape index (κ2) is 5.68. The van der Waals surface area contributed by atoms with Gasteiger partial charge in [0.2, 0.25) is 19.5 Å². The van der Waals surface area contributed by atoms with Gasteiger partial charge in [0.15, 0.2) is 0 Å². The standard InChI is InChI=1S/C11H11ClN4O3S2/c1-5-3-7(21(13,18)19)4-8(6(5)2)14-9(17)10-15-16-11(12)20-10/h3-4H,1-2H3,(H,14,17)(H2,13,18,19).